The van der Waals surface area contributed by atoms with Crippen LogP contribution >= 0.6 is 11.6 Å². The first kappa shape index (κ1) is 17.3. The number of rotatable bonds is 5. The van der Waals surface area contributed by atoms with Crippen LogP contribution in [0.5, 0.6) is 0 Å². The Morgan fingerprint density at radius 2 is 1.76 bits per heavy atom. The molecule has 21 heavy (non-hydrogen) atoms. The van der Waals surface area contributed by atoms with Gasteiger partial charge in [-0.3, -0.25) is 0 Å². The number of hydrogen-bond donors (Lipinski definition) is 3. The Kier molecular flexibility index (Phi) is 5.99. The molecular weight excluding hydrogens is 296 g/mol. The van der Waals surface area contributed by atoms with Crippen LogP contribution in [0, 0.1) is 0 Å². The van der Waals surface area contributed by atoms with Crippen molar-refractivity contribution in [1.29, 1.82) is 0 Å². The van der Waals surface area contributed by atoms with Crippen LogP contribution < -0.4 is 5.32 Å². The Balaban J connectivity index is 2.77. The van der Waals surface area contributed by atoms with Crippen molar-refractivity contribution in [2.45, 2.75) is 32.0 Å². The highest BCUT2D eigenvalue weighted by Crippen LogP contribution is 2.20. The highest BCUT2D eigenvalue weighted by atomic mass is 35.5. The van der Waals surface area contributed by atoms with Crippen molar-refractivity contribution >= 4 is 23.6 Å². The maximum Gasteiger partial charge on any atom is 0.328 e. The molecule has 0 radical (unpaired) electrons. The number of nitrogens with zero attached hydrogens (tertiary/aromatic N) is 1. The molecule has 1 unspecified atom stereocenters. The van der Waals surface area contributed by atoms with Crippen molar-refractivity contribution in [3.63, 3.8) is 0 Å². The summed E-state index contributed by atoms with van der Waals surface area (Å²) in [6, 6.07) is 4.82. The van der Waals surface area contributed by atoms with Gasteiger partial charge in [0.05, 0.1) is 12.1 Å². The van der Waals surface area contributed by atoms with Gasteiger partial charge in [0.15, 0.2) is 6.04 Å². The van der Waals surface area contributed by atoms with E-state index < -0.39 is 24.1 Å². The molecule has 3 N–H and O–H groups in total. The molecule has 0 heterocycles. The number of halogens is 1. The minimum atomic E-state index is -1.35. The average molecular weight is 315 g/mol. The smallest absolute Gasteiger partial charge is 0.328 e. The molecule has 2 amide bonds. The first-order valence-corrected chi connectivity index (χ1v) is 6.81. The summed E-state index contributed by atoms with van der Waals surface area (Å²) in [5.74, 6) is -1.29. The number of carboxylic acid groups (broad SMARTS) is 1. The first-order valence-electron chi connectivity index (χ1n) is 6.43. The fourth-order valence-corrected chi connectivity index (χ4v) is 1.89. The Labute approximate surface area is 128 Å². The zero-order chi connectivity index (χ0) is 16.2. The van der Waals surface area contributed by atoms with E-state index in [4.69, 9.17) is 16.7 Å². The fraction of sp³-hybridized carbons (Fsp3) is 0.429. The van der Waals surface area contributed by atoms with Crippen LogP contribution in [0.1, 0.15) is 25.5 Å². The summed E-state index contributed by atoms with van der Waals surface area (Å²) in [4.78, 5) is 24.4. The number of urea groups is 1. The molecule has 1 aromatic rings. The van der Waals surface area contributed by atoms with Crippen LogP contribution in [-0.2, 0) is 4.79 Å². The third-order valence-electron chi connectivity index (χ3n) is 3.28. The molecule has 0 saturated heterocycles. The van der Waals surface area contributed by atoms with Crippen LogP contribution in [0.25, 0.3) is 0 Å². The lowest BCUT2D eigenvalue weighted by atomic mass is 10.1. The van der Waals surface area contributed by atoms with E-state index in [0.29, 0.717) is 5.02 Å². The predicted molar refractivity (Wildman–Crippen MR) is 79.3 cm³/mol. The van der Waals surface area contributed by atoms with Gasteiger partial charge in [0.2, 0.25) is 0 Å². The summed E-state index contributed by atoms with van der Waals surface area (Å²) in [5.41, 5.74) is 0.862. The topological polar surface area (TPSA) is 89.9 Å². The largest absolute Gasteiger partial charge is 0.480 e. The number of carboxylic acids is 1. The summed E-state index contributed by atoms with van der Waals surface area (Å²) in [6.07, 6.45) is -1.19. The second kappa shape index (κ2) is 7.28. The number of nitrogens with one attached hydrogen (secondary N) is 1. The van der Waals surface area contributed by atoms with Crippen molar-refractivity contribution < 1.29 is 19.8 Å². The van der Waals surface area contributed by atoms with E-state index in [-0.39, 0.29) is 6.04 Å². The molecule has 0 saturated carbocycles. The summed E-state index contributed by atoms with van der Waals surface area (Å²) in [5, 5.41) is 21.2. The van der Waals surface area contributed by atoms with Crippen LogP contribution in [-0.4, -0.2) is 46.3 Å². The lowest BCUT2D eigenvalue weighted by molar-refractivity contribution is -0.141. The summed E-state index contributed by atoms with van der Waals surface area (Å²) in [7, 11) is 1.55. The number of aliphatic carboxylic acids is 1. The molecule has 1 aromatic carbocycles. The van der Waals surface area contributed by atoms with E-state index in [1.54, 1.807) is 38.2 Å². The van der Waals surface area contributed by atoms with Crippen molar-refractivity contribution in [3.8, 4) is 0 Å². The van der Waals surface area contributed by atoms with Crippen LogP contribution in [0.4, 0.5) is 4.79 Å². The van der Waals surface area contributed by atoms with Crippen LogP contribution in [0.15, 0.2) is 24.3 Å². The first-order chi connectivity index (χ1) is 9.73. The van der Waals surface area contributed by atoms with Gasteiger partial charge in [-0.05, 0) is 31.5 Å². The van der Waals surface area contributed by atoms with E-state index in [2.05, 4.69) is 5.32 Å². The van der Waals surface area contributed by atoms with E-state index in [1.165, 1.54) is 11.8 Å². The molecule has 7 heteroatoms. The molecular formula is C14H19ClN2O4. The molecule has 0 bridgehead atoms. The second-order valence-corrected chi connectivity index (χ2v) is 5.28. The van der Waals surface area contributed by atoms with Gasteiger partial charge in [-0.2, -0.15) is 0 Å². The monoisotopic (exact) mass is 314 g/mol. The van der Waals surface area contributed by atoms with Gasteiger partial charge in [-0.25, -0.2) is 9.59 Å². The molecule has 1 rings (SSSR count). The van der Waals surface area contributed by atoms with Crippen molar-refractivity contribution in [3.05, 3.63) is 34.9 Å². The SMILES string of the molecule is CC(c1ccc(Cl)cc1)N(C)C(=O)N[C@H](C(=O)O)[C@@H](C)O. The Morgan fingerprint density at radius 3 is 2.19 bits per heavy atom. The van der Waals surface area contributed by atoms with Gasteiger partial charge in [0, 0.05) is 12.1 Å². The Morgan fingerprint density at radius 1 is 1.24 bits per heavy atom. The molecule has 3 atom stereocenters. The van der Waals surface area contributed by atoms with Crippen molar-refractivity contribution in [2.24, 2.45) is 0 Å². The van der Waals surface area contributed by atoms with Gasteiger partial charge in [-0.1, -0.05) is 23.7 Å². The minimum absolute atomic E-state index is 0.272. The number of carbonyl (C=O) groups is 2. The lowest BCUT2D eigenvalue weighted by Gasteiger charge is -2.28. The number of amides is 2. The van der Waals surface area contributed by atoms with Gasteiger partial charge in [-0.15, -0.1) is 0 Å². The lowest BCUT2D eigenvalue weighted by Crippen LogP contribution is -2.51. The molecule has 0 aliphatic carbocycles. The Hall–Kier alpha value is -1.79. The molecule has 0 aliphatic heterocycles. The third-order valence-corrected chi connectivity index (χ3v) is 3.53. The van der Waals surface area contributed by atoms with Crippen molar-refractivity contribution in [1.82, 2.24) is 10.2 Å². The maximum absolute atomic E-state index is 12.1. The minimum Gasteiger partial charge on any atom is -0.480 e. The summed E-state index contributed by atoms with van der Waals surface area (Å²) in [6.45, 7) is 3.11. The molecule has 0 aromatic heterocycles. The molecule has 0 spiro atoms. The van der Waals surface area contributed by atoms with Gasteiger partial charge in [0.1, 0.15) is 0 Å². The van der Waals surface area contributed by atoms with Gasteiger partial charge < -0.3 is 20.4 Å². The molecule has 6 nitrogen and oxygen atoms in total. The van der Waals surface area contributed by atoms with Crippen LogP contribution in [0.3, 0.4) is 0 Å². The molecule has 0 fully saturated rings. The highest BCUT2D eigenvalue weighted by molar-refractivity contribution is 6.30. The fourth-order valence-electron chi connectivity index (χ4n) is 1.76. The average Bonchev–Trinajstić information content (AvgIpc) is 2.42. The van der Waals surface area contributed by atoms with Crippen molar-refractivity contribution in [2.75, 3.05) is 7.05 Å². The van der Waals surface area contributed by atoms with Crippen LogP contribution in [0.2, 0.25) is 5.02 Å². The molecule has 0 aliphatic rings. The third kappa shape index (κ3) is 4.61. The number of hydrogen-bond acceptors (Lipinski definition) is 3. The normalized spacial score (nSPS) is 14.9. The van der Waals surface area contributed by atoms with Gasteiger partial charge in [0.25, 0.3) is 0 Å². The van der Waals surface area contributed by atoms with E-state index in [9.17, 15) is 14.7 Å². The zero-order valence-electron chi connectivity index (χ0n) is 12.1. The predicted octanol–water partition coefficient (Wildman–Crippen LogP) is 1.88. The second-order valence-electron chi connectivity index (χ2n) is 4.84. The van der Waals surface area contributed by atoms with Gasteiger partial charge >= 0.3 is 12.0 Å². The summed E-state index contributed by atoms with van der Waals surface area (Å²) >= 11 is 5.81. The number of aliphatic hydroxyl groups excluding tert-OH is 1. The van der Waals surface area contributed by atoms with E-state index >= 15 is 0 Å². The maximum atomic E-state index is 12.1. The highest BCUT2D eigenvalue weighted by Gasteiger charge is 2.27. The van der Waals surface area contributed by atoms with E-state index in [0.717, 1.165) is 5.56 Å². The molecule has 116 valence electrons. The van der Waals surface area contributed by atoms with E-state index in [1.807, 2.05) is 0 Å². The number of aliphatic hydroxyl groups is 1. The number of benzene rings is 1. The quantitative estimate of drug-likeness (QED) is 0.774. The summed E-state index contributed by atoms with van der Waals surface area (Å²) < 4.78 is 0. The zero-order valence-corrected chi connectivity index (χ0v) is 12.8. The standard InChI is InChI=1S/C14H19ClN2O4/c1-8(10-4-6-11(15)7-5-10)17(3)14(21)16-12(9(2)18)13(19)20/h4-9,12,18H,1-3H3,(H,16,21)(H,19,20)/t8?,9-,12+/m1/s1. The number of carbonyl (C=O) groups excluding carboxylic acids is 1. The Bertz CT molecular complexity index is 504.